The van der Waals surface area contributed by atoms with Crippen LogP contribution in [0.25, 0.3) is 0 Å². The van der Waals surface area contributed by atoms with E-state index in [2.05, 4.69) is 44.3 Å². The number of nitrogens with one attached hydrogen (secondary N) is 1. The van der Waals surface area contributed by atoms with E-state index in [4.69, 9.17) is 0 Å². The molecular formula is C16H22BrN3O. The van der Waals surface area contributed by atoms with Crippen molar-refractivity contribution in [2.45, 2.75) is 32.4 Å². The standard InChI is InChI=1S/C16H22BrN3O/c1-12(21)19-6-8-20(9-7-19)16-10-14(17)3-2-13(16)11-18-15-4-5-15/h2-3,10,15,18H,4-9,11H2,1H3. The Morgan fingerprint density at radius 2 is 2.00 bits per heavy atom. The molecule has 1 aliphatic carbocycles. The summed E-state index contributed by atoms with van der Waals surface area (Å²) in [5, 5.41) is 3.59. The van der Waals surface area contributed by atoms with Gasteiger partial charge in [-0.25, -0.2) is 0 Å². The Hall–Kier alpha value is -1.07. The zero-order valence-electron chi connectivity index (χ0n) is 12.4. The highest BCUT2D eigenvalue weighted by Crippen LogP contribution is 2.27. The minimum atomic E-state index is 0.180. The average molecular weight is 352 g/mol. The summed E-state index contributed by atoms with van der Waals surface area (Å²) in [5.41, 5.74) is 2.64. The van der Waals surface area contributed by atoms with Gasteiger partial charge in [0.05, 0.1) is 0 Å². The van der Waals surface area contributed by atoms with E-state index in [1.807, 2.05) is 4.90 Å². The molecule has 1 saturated heterocycles. The fourth-order valence-corrected chi connectivity index (χ4v) is 3.13. The molecule has 2 aliphatic rings. The van der Waals surface area contributed by atoms with Crippen LogP contribution < -0.4 is 10.2 Å². The van der Waals surface area contributed by atoms with E-state index in [1.54, 1.807) is 6.92 Å². The van der Waals surface area contributed by atoms with E-state index in [9.17, 15) is 4.79 Å². The van der Waals surface area contributed by atoms with E-state index in [0.29, 0.717) is 0 Å². The van der Waals surface area contributed by atoms with Crippen molar-refractivity contribution in [3.8, 4) is 0 Å². The van der Waals surface area contributed by atoms with Crippen LogP contribution in [-0.4, -0.2) is 43.0 Å². The smallest absolute Gasteiger partial charge is 0.219 e. The summed E-state index contributed by atoms with van der Waals surface area (Å²) >= 11 is 3.58. The lowest BCUT2D eigenvalue weighted by Gasteiger charge is -2.36. The molecule has 1 amide bonds. The third kappa shape index (κ3) is 3.77. The Bertz CT molecular complexity index is 522. The van der Waals surface area contributed by atoms with Gasteiger partial charge in [0.15, 0.2) is 0 Å². The van der Waals surface area contributed by atoms with Gasteiger partial charge < -0.3 is 15.1 Å². The Labute approximate surface area is 134 Å². The fraction of sp³-hybridized carbons (Fsp3) is 0.562. The summed E-state index contributed by atoms with van der Waals surface area (Å²) < 4.78 is 1.11. The molecule has 0 radical (unpaired) electrons. The molecule has 1 saturated carbocycles. The van der Waals surface area contributed by atoms with Gasteiger partial charge in [0.2, 0.25) is 5.91 Å². The predicted molar refractivity (Wildman–Crippen MR) is 88.5 cm³/mol. The summed E-state index contributed by atoms with van der Waals surface area (Å²) in [4.78, 5) is 15.8. The first-order chi connectivity index (χ1) is 10.1. The number of hydrogen-bond acceptors (Lipinski definition) is 3. The second-order valence-electron chi connectivity index (χ2n) is 5.92. The van der Waals surface area contributed by atoms with E-state index in [0.717, 1.165) is 43.2 Å². The Morgan fingerprint density at radius 1 is 1.29 bits per heavy atom. The molecule has 3 rings (SSSR count). The molecule has 2 fully saturated rings. The van der Waals surface area contributed by atoms with Gasteiger partial charge in [-0.1, -0.05) is 22.0 Å². The quantitative estimate of drug-likeness (QED) is 0.904. The summed E-state index contributed by atoms with van der Waals surface area (Å²) in [6.45, 7) is 6.04. The topological polar surface area (TPSA) is 35.6 Å². The van der Waals surface area contributed by atoms with Gasteiger partial charge in [0, 0.05) is 55.8 Å². The molecule has 0 bridgehead atoms. The molecule has 4 nitrogen and oxygen atoms in total. The number of carbonyl (C=O) groups excluding carboxylic acids is 1. The monoisotopic (exact) mass is 351 g/mol. The van der Waals surface area contributed by atoms with Crippen molar-refractivity contribution in [1.82, 2.24) is 10.2 Å². The van der Waals surface area contributed by atoms with Gasteiger partial charge in [0.25, 0.3) is 0 Å². The lowest BCUT2D eigenvalue weighted by molar-refractivity contribution is -0.129. The fourth-order valence-electron chi connectivity index (χ4n) is 2.78. The summed E-state index contributed by atoms with van der Waals surface area (Å²) in [5.74, 6) is 0.180. The lowest BCUT2D eigenvalue weighted by atomic mass is 10.1. The number of nitrogens with zero attached hydrogens (tertiary/aromatic N) is 2. The summed E-state index contributed by atoms with van der Waals surface area (Å²) in [6.07, 6.45) is 2.62. The van der Waals surface area contributed by atoms with E-state index in [1.165, 1.54) is 24.1 Å². The molecule has 0 spiro atoms. The third-order valence-corrected chi connectivity index (χ3v) is 4.76. The summed E-state index contributed by atoms with van der Waals surface area (Å²) in [7, 11) is 0. The van der Waals surface area contributed by atoms with Gasteiger partial charge in [-0.15, -0.1) is 0 Å². The van der Waals surface area contributed by atoms with Crippen LogP contribution in [0.2, 0.25) is 0 Å². The van der Waals surface area contributed by atoms with Crippen LogP contribution in [0.15, 0.2) is 22.7 Å². The molecule has 0 aromatic heterocycles. The first-order valence-corrected chi connectivity index (χ1v) is 8.45. The van der Waals surface area contributed by atoms with Gasteiger partial charge in [0.1, 0.15) is 0 Å². The van der Waals surface area contributed by atoms with Gasteiger partial charge in [-0.2, -0.15) is 0 Å². The van der Waals surface area contributed by atoms with Crippen LogP contribution in [0.1, 0.15) is 25.3 Å². The van der Waals surface area contributed by atoms with Crippen LogP contribution in [0, 0.1) is 0 Å². The van der Waals surface area contributed by atoms with E-state index < -0.39 is 0 Å². The molecule has 0 unspecified atom stereocenters. The lowest BCUT2D eigenvalue weighted by Crippen LogP contribution is -2.48. The van der Waals surface area contributed by atoms with Crippen molar-refractivity contribution in [2.24, 2.45) is 0 Å². The first-order valence-electron chi connectivity index (χ1n) is 7.66. The number of benzene rings is 1. The Kier molecular flexibility index (Phi) is 4.50. The molecule has 1 aliphatic heterocycles. The molecule has 0 atom stereocenters. The number of anilines is 1. The maximum Gasteiger partial charge on any atom is 0.219 e. The second kappa shape index (κ2) is 6.36. The van der Waals surface area contributed by atoms with Crippen LogP contribution in [0.5, 0.6) is 0 Å². The number of piperazine rings is 1. The van der Waals surface area contributed by atoms with Crippen LogP contribution in [0.4, 0.5) is 5.69 Å². The van der Waals surface area contributed by atoms with Crippen LogP contribution in [-0.2, 0) is 11.3 Å². The molecule has 1 heterocycles. The molecule has 1 aromatic rings. The minimum absolute atomic E-state index is 0.180. The highest BCUT2D eigenvalue weighted by Gasteiger charge is 2.23. The molecule has 1 aromatic carbocycles. The average Bonchev–Trinajstić information content (AvgIpc) is 3.30. The highest BCUT2D eigenvalue weighted by atomic mass is 79.9. The van der Waals surface area contributed by atoms with Crippen molar-refractivity contribution in [1.29, 1.82) is 0 Å². The second-order valence-corrected chi connectivity index (χ2v) is 6.84. The van der Waals surface area contributed by atoms with Gasteiger partial charge in [-0.3, -0.25) is 4.79 Å². The number of amides is 1. The number of halogens is 1. The SMILES string of the molecule is CC(=O)N1CCN(c2cc(Br)ccc2CNC2CC2)CC1. The van der Waals surface area contributed by atoms with Crippen molar-refractivity contribution < 1.29 is 4.79 Å². The van der Waals surface area contributed by atoms with E-state index in [-0.39, 0.29) is 5.91 Å². The van der Waals surface area contributed by atoms with Crippen molar-refractivity contribution in [3.05, 3.63) is 28.2 Å². The normalized spacial score (nSPS) is 19.0. The third-order valence-electron chi connectivity index (χ3n) is 4.27. The van der Waals surface area contributed by atoms with Gasteiger partial charge >= 0.3 is 0 Å². The summed E-state index contributed by atoms with van der Waals surface area (Å²) in [6, 6.07) is 7.23. The largest absolute Gasteiger partial charge is 0.368 e. The maximum atomic E-state index is 11.4. The molecule has 1 N–H and O–H groups in total. The molecule has 5 heteroatoms. The zero-order chi connectivity index (χ0) is 14.8. The highest BCUT2D eigenvalue weighted by molar-refractivity contribution is 9.10. The minimum Gasteiger partial charge on any atom is -0.368 e. The van der Waals surface area contributed by atoms with Crippen molar-refractivity contribution >= 4 is 27.5 Å². The van der Waals surface area contributed by atoms with Crippen LogP contribution >= 0.6 is 15.9 Å². The number of carbonyl (C=O) groups is 1. The zero-order valence-corrected chi connectivity index (χ0v) is 14.0. The van der Waals surface area contributed by atoms with Gasteiger partial charge in [-0.05, 0) is 30.5 Å². The van der Waals surface area contributed by atoms with Crippen LogP contribution in [0.3, 0.4) is 0 Å². The Morgan fingerprint density at radius 3 is 2.62 bits per heavy atom. The van der Waals surface area contributed by atoms with Crippen molar-refractivity contribution in [2.75, 3.05) is 31.1 Å². The molecule has 114 valence electrons. The van der Waals surface area contributed by atoms with E-state index >= 15 is 0 Å². The van der Waals surface area contributed by atoms with Crippen molar-refractivity contribution in [3.63, 3.8) is 0 Å². The Balaban J connectivity index is 1.70. The predicted octanol–water partition coefficient (Wildman–Crippen LogP) is 2.37. The maximum absolute atomic E-state index is 11.4. The first kappa shape index (κ1) is 14.9. The number of rotatable bonds is 4. The molecular weight excluding hydrogens is 330 g/mol. The molecule has 21 heavy (non-hydrogen) atoms. The number of hydrogen-bond donors (Lipinski definition) is 1.